The summed E-state index contributed by atoms with van der Waals surface area (Å²) in [7, 11) is 0. The number of hydrogen-bond donors (Lipinski definition) is 0. The molecule has 2 atom stereocenters. The van der Waals surface area contributed by atoms with Crippen LogP contribution in [-0.4, -0.2) is 42.5 Å². The van der Waals surface area contributed by atoms with Crippen molar-refractivity contribution < 1.29 is 18.7 Å². The highest BCUT2D eigenvalue weighted by Gasteiger charge is 2.39. The van der Waals surface area contributed by atoms with E-state index in [1.54, 1.807) is 22.8 Å². The standard InChI is InChI=1S/C23H26N2O5/c1-14-4-5-18(8-15(14)2)25-12-17(10-21(25)26)23(28)24-7-6-19(13-24)30-20-9-16(3)29-22(27)11-20/h4-5,8-9,11,17,19H,6-7,10,12-13H2,1-3H3. The molecular formula is C23H26N2O5. The monoisotopic (exact) mass is 410 g/mol. The van der Waals surface area contributed by atoms with Gasteiger partial charge in [0.25, 0.3) is 0 Å². The number of carbonyl (C=O) groups excluding carboxylic acids is 2. The predicted octanol–water partition coefficient (Wildman–Crippen LogP) is 2.60. The molecule has 1 aromatic heterocycles. The van der Waals surface area contributed by atoms with Crippen LogP contribution in [0.1, 0.15) is 29.7 Å². The molecule has 7 heteroatoms. The van der Waals surface area contributed by atoms with Gasteiger partial charge in [-0.2, -0.15) is 0 Å². The van der Waals surface area contributed by atoms with Crippen molar-refractivity contribution in [1.29, 1.82) is 0 Å². The SMILES string of the molecule is Cc1cc(OC2CCN(C(=O)C3CC(=O)N(c4ccc(C)c(C)c4)C3)C2)cc(=O)o1. The lowest BCUT2D eigenvalue weighted by atomic mass is 10.1. The number of aryl methyl sites for hydroxylation is 3. The van der Waals surface area contributed by atoms with Gasteiger partial charge in [-0.15, -0.1) is 0 Å². The predicted molar refractivity (Wildman–Crippen MR) is 112 cm³/mol. The molecule has 2 unspecified atom stereocenters. The van der Waals surface area contributed by atoms with Gasteiger partial charge in [0.1, 0.15) is 17.6 Å². The molecular weight excluding hydrogens is 384 g/mol. The minimum Gasteiger partial charge on any atom is -0.488 e. The Kier molecular flexibility index (Phi) is 5.37. The Bertz CT molecular complexity index is 1040. The van der Waals surface area contributed by atoms with Crippen LogP contribution < -0.4 is 15.3 Å². The number of anilines is 1. The van der Waals surface area contributed by atoms with E-state index >= 15 is 0 Å². The van der Waals surface area contributed by atoms with Gasteiger partial charge in [0.2, 0.25) is 11.8 Å². The van der Waals surface area contributed by atoms with Crippen LogP contribution in [-0.2, 0) is 9.59 Å². The zero-order valence-corrected chi connectivity index (χ0v) is 17.5. The molecule has 2 fully saturated rings. The Hall–Kier alpha value is -3.09. The molecule has 4 rings (SSSR count). The van der Waals surface area contributed by atoms with Gasteiger partial charge in [0.15, 0.2) is 0 Å². The zero-order chi connectivity index (χ0) is 21.4. The molecule has 158 valence electrons. The van der Waals surface area contributed by atoms with Crippen LogP contribution in [0.4, 0.5) is 5.69 Å². The van der Waals surface area contributed by atoms with Crippen molar-refractivity contribution in [3.63, 3.8) is 0 Å². The third kappa shape index (κ3) is 4.10. The van der Waals surface area contributed by atoms with Crippen molar-refractivity contribution in [2.45, 2.75) is 39.7 Å². The van der Waals surface area contributed by atoms with Crippen LogP contribution >= 0.6 is 0 Å². The van der Waals surface area contributed by atoms with Crippen molar-refractivity contribution in [2.24, 2.45) is 5.92 Å². The van der Waals surface area contributed by atoms with Crippen molar-refractivity contribution in [3.05, 3.63) is 57.6 Å². The van der Waals surface area contributed by atoms with E-state index in [1.807, 2.05) is 32.0 Å². The summed E-state index contributed by atoms with van der Waals surface area (Å²) < 4.78 is 10.8. The maximum absolute atomic E-state index is 13.0. The first-order valence-corrected chi connectivity index (χ1v) is 10.2. The molecule has 0 bridgehead atoms. The van der Waals surface area contributed by atoms with E-state index in [9.17, 15) is 14.4 Å². The van der Waals surface area contributed by atoms with E-state index in [0.29, 0.717) is 37.6 Å². The third-order valence-electron chi connectivity index (χ3n) is 5.90. The minimum atomic E-state index is -0.452. The Labute approximate surface area is 175 Å². The van der Waals surface area contributed by atoms with Crippen molar-refractivity contribution >= 4 is 17.5 Å². The molecule has 2 aromatic rings. The lowest BCUT2D eigenvalue weighted by Gasteiger charge is -2.21. The summed E-state index contributed by atoms with van der Waals surface area (Å²) in [6.45, 7) is 7.18. The summed E-state index contributed by atoms with van der Waals surface area (Å²) in [4.78, 5) is 40.6. The smallest absolute Gasteiger partial charge is 0.339 e. The van der Waals surface area contributed by atoms with Crippen molar-refractivity contribution in [2.75, 3.05) is 24.5 Å². The Morgan fingerprint density at radius 2 is 1.87 bits per heavy atom. The van der Waals surface area contributed by atoms with Gasteiger partial charge in [0, 0.05) is 37.7 Å². The summed E-state index contributed by atoms with van der Waals surface area (Å²) in [5.41, 5.74) is 2.69. The Balaban J connectivity index is 1.38. The molecule has 2 saturated heterocycles. The van der Waals surface area contributed by atoms with Crippen molar-refractivity contribution in [3.8, 4) is 5.75 Å². The van der Waals surface area contributed by atoms with Crippen LogP contribution in [0.2, 0.25) is 0 Å². The molecule has 30 heavy (non-hydrogen) atoms. The van der Waals surface area contributed by atoms with Gasteiger partial charge in [-0.3, -0.25) is 9.59 Å². The van der Waals surface area contributed by atoms with Gasteiger partial charge in [-0.05, 0) is 44.0 Å². The summed E-state index contributed by atoms with van der Waals surface area (Å²) in [6.07, 6.45) is 0.738. The van der Waals surface area contributed by atoms with Crippen LogP contribution in [0.5, 0.6) is 5.75 Å². The number of amides is 2. The highest BCUT2D eigenvalue weighted by atomic mass is 16.5. The summed E-state index contributed by atoms with van der Waals surface area (Å²) in [5, 5.41) is 0. The van der Waals surface area contributed by atoms with Crippen LogP contribution in [0, 0.1) is 26.7 Å². The average Bonchev–Trinajstić information content (AvgIpc) is 3.29. The molecule has 0 aliphatic carbocycles. The maximum Gasteiger partial charge on any atom is 0.339 e. The second-order valence-corrected chi connectivity index (χ2v) is 8.21. The quantitative estimate of drug-likeness (QED) is 0.774. The number of hydrogen-bond acceptors (Lipinski definition) is 5. The van der Waals surface area contributed by atoms with Gasteiger partial charge in [0.05, 0.1) is 18.5 Å². The van der Waals surface area contributed by atoms with Gasteiger partial charge in [-0.25, -0.2) is 4.79 Å². The zero-order valence-electron chi connectivity index (χ0n) is 17.5. The Morgan fingerprint density at radius 3 is 2.60 bits per heavy atom. The molecule has 0 N–H and O–H groups in total. The first kappa shape index (κ1) is 20.2. The molecule has 2 aliphatic heterocycles. The lowest BCUT2D eigenvalue weighted by Crippen LogP contribution is -2.37. The van der Waals surface area contributed by atoms with E-state index in [4.69, 9.17) is 9.15 Å². The molecule has 0 radical (unpaired) electrons. The third-order valence-corrected chi connectivity index (χ3v) is 5.90. The average molecular weight is 410 g/mol. The largest absolute Gasteiger partial charge is 0.488 e. The van der Waals surface area contributed by atoms with Crippen molar-refractivity contribution in [1.82, 2.24) is 4.90 Å². The number of nitrogens with zero attached hydrogens (tertiary/aromatic N) is 2. The highest BCUT2D eigenvalue weighted by molar-refractivity contribution is 6.00. The van der Waals surface area contributed by atoms with Gasteiger partial charge >= 0.3 is 5.63 Å². The number of rotatable bonds is 4. The van der Waals surface area contributed by atoms with E-state index in [-0.39, 0.29) is 30.3 Å². The lowest BCUT2D eigenvalue weighted by molar-refractivity contribution is -0.135. The molecule has 0 spiro atoms. The van der Waals surface area contributed by atoms with Gasteiger partial charge in [-0.1, -0.05) is 6.07 Å². The first-order chi connectivity index (χ1) is 14.3. The minimum absolute atomic E-state index is 0.00969. The van der Waals surface area contributed by atoms with Crippen LogP contribution in [0.3, 0.4) is 0 Å². The Morgan fingerprint density at radius 1 is 1.07 bits per heavy atom. The summed E-state index contributed by atoms with van der Waals surface area (Å²) >= 11 is 0. The molecule has 2 aliphatic rings. The van der Waals surface area contributed by atoms with E-state index in [0.717, 1.165) is 11.3 Å². The van der Waals surface area contributed by atoms with Crippen LogP contribution in [0.25, 0.3) is 0 Å². The molecule has 0 saturated carbocycles. The number of likely N-dealkylation sites (tertiary alicyclic amines) is 1. The normalized spacial score (nSPS) is 21.4. The molecule has 3 heterocycles. The van der Waals surface area contributed by atoms with E-state index in [2.05, 4.69) is 0 Å². The fourth-order valence-electron chi connectivity index (χ4n) is 4.14. The fourth-order valence-corrected chi connectivity index (χ4v) is 4.14. The summed E-state index contributed by atoms with van der Waals surface area (Å²) in [6, 6.07) is 8.92. The number of carbonyl (C=O) groups is 2. The first-order valence-electron chi connectivity index (χ1n) is 10.2. The number of ether oxygens (including phenoxy) is 1. The van der Waals surface area contributed by atoms with E-state index < -0.39 is 5.63 Å². The molecule has 7 nitrogen and oxygen atoms in total. The van der Waals surface area contributed by atoms with E-state index in [1.165, 1.54) is 11.6 Å². The number of benzene rings is 1. The second-order valence-electron chi connectivity index (χ2n) is 8.21. The highest BCUT2D eigenvalue weighted by Crippen LogP contribution is 2.29. The summed E-state index contributed by atoms with van der Waals surface area (Å²) in [5.74, 6) is 0.572. The topological polar surface area (TPSA) is 80.1 Å². The molecule has 1 aromatic carbocycles. The molecule has 2 amide bonds. The second kappa shape index (κ2) is 7.97. The van der Waals surface area contributed by atoms with Crippen LogP contribution in [0.15, 0.2) is 39.5 Å². The fraction of sp³-hybridized carbons (Fsp3) is 0.435. The van der Waals surface area contributed by atoms with Gasteiger partial charge < -0.3 is 19.0 Å². The maximum atomic E-state index is 13.0.